The SMILES string of the molecule is C=Nc1c(C)c(C)c(N)c(OP)c1C(C)=O. The van der Waals surface area contributed by atoms with E-state index in [-0.39, 0.29) is 5.78 Å². The van der Waals surface area contributed by atoms with Crippen molar-refractivity contribution in [1.29, 1.82) is 0 Å². The number of ketones is 1. The van der Waals surface area contributed by atoms with E-state index in [2.05, 4.69) is 21.2 Å². The Balaban J connectivity index is 3.80. The normalized spacial score (nSPS) is 10.0. The van der Waals surface area contributed by atoms with Crippen molar-refractivity contribution in [3.8, 4) is 5.75 Å². The van der Waals surface area contributed by atoms with Crippen LogP contribution in [0.4, 0.5) is 11.4 Å². The van der Waals surface area contributed by atoms with Crippen LogP contribution in [0.3, 0.4) is 0 Å². The Bertz CT molecular complexity index is 470. The van der Waals surface area contributed by atoms with Gasteiger partial charge in [0, 0.05) is 0 Å². The van der Waals surface area contributed by atoms with Crippen LogP contribution in [0.5, 0.6) is 5.75 Å². The van der Waals surface area contributed by atoms with Crippen molar-refractivity contribution in [2.75, 3.05) is 5.73 Å². The molecule has 0 heterocycles. The van der Waals surface area contributed by atoms with Crippen molar-refractivity contribution >= 4 is 33.3 Å². The minimum absolute atomic E-state index is 0.144. The van der Waals surface area contributed by atoms with Gasteiger partial charge in [-0.3, -0.25) is 9.79 Å². The van der Waals surface area contributed by atoms with Crippen LogP contribution in [-0.2, 0) is 0 Å². The lowest BCUT2D eigenvalue weighted by Crippen LogP contribution is -2.04. The largest absolute Gasteiger partial charge is 0.477 e. The molecule has 0 amide bonds. The zero-order valence-corrected chi connectivity index (χ0v) is 10.8. The van der Waals surface area contributed by atoms with E-state index in [1.165, 1.54) is 6.92 Å². The van der Waals surface area contributed by atoms with Crippen LogP contribution in [0.1, 0.15) is 28.4 Å². The average Bonchev–Trinajstić information content (AvgIpc) is 2.25. The number of nitrogens with two attached hydrogens (primary N) is 1. The molecule has 0 aromatic heterocycles. The molecule has 1 atom stereocenters. The standard InChI is InChI=1S/C11H15N2O2P/c1-5-6(2)10(13-4)8(7(3)14)11(15-16)9(5)12/h4,12,16H2,1-3H3. The van der Waals surface area contributed by atoms with Gasteiger partial charge in [-0.25, -0.2) is 0 Å². The molecule has 0 aliphatic rings. The van der Waals surface area contributed by atoms with Crippen LogP contribution in [0.2, 0.25) is 0 Å². The summed E-state index contributed by atoms with van der Waals surface area (Å²) in [5.74, 6) is 0.206. The fourth-order valence-electron chi connectivity index (χ4n) is 1.63. The van der Waals surface area contributed by atoms with E-state index in [1.54, 1.807) is 0 Å². The molecule has 0 saturated carbocycles. The summed E-state index contributed by atoms with van der Waals surface area (Å²) in [6, 6.07) is 0. The van der Waals surface area contributed by atoms with Gasteiger partial charge in [0.15, 0.2) is 11.5 Å². The molecule has 1 aromatic rings. The van der Waals surface area contributed by atoms with E-state index in [1.807, 2.05) is 13.8 Å². The van der Waals surface area contributed by atoms with Crippen molar-refractivity contribution in [2.24, 2.45) is 4.99 Å². The third-order valence-electron chi connectivity index (χ3n) is 2.66. The summed E-state index contributed by atoms with van der Waals surface area (Å²) in [6.07, 6.45) is 0. The highest BCUT2D eigenvalue weighted by atomic mass is 31.0. The maximum atomic E-state index is 11.6. The van der Waals surface area contributed by atoms with Gasteiger partial charge >= 0.3 is 0 Å². The van der Waals surface area contributed by atoms with Crippen LogP contribution < -0.4 is 10.3 Å². The molecule has 1 aromatic carbocycles. The van der Waals surface area contributed by atoms with Crippen LogP contribution in [0.15, 0.2) is 4.99 Å². The summed E-state index contributed by atoms with van der Waals surface area (Å²) in [5.41, 5.74) is 8.99. The predicted octanol–water partition coefficient (Wildman–Crippen LogP) is 2.59. The molecule has 2 N–H and O–H groups in total. The number of carbonyl (C=O) groups is 1. The fourth-order valence-corrected chi connectivity index (χ4v) is 1.87. The van der Waals surface area contributed by atoms with E-state index in [9.17, 15) is 4.79 Å². The Hall–Kier alpha value is -1.41. The quantitative estimate of drug-likeness (QED) is 0.381. The van der Waals surface area contributed by atoms with Gasteiger partial charge in [-0.2, -0.15) is 0 Å². The van der Waals surface area contributed by atoms with Gasteiger partial charge in [-0.1, -0.05) is 0 Å². The topological polar surface area (TPSA) is 64.7 Å². The molecular formula is C11H15N2O2P. The molecule has 16 heavy (non-hydrogen) atoms. The van der Waals surface area contributed by atoms with Crippen molar-refractivity contribution in [2.45, 2.75) is 20.8 Å². The number of nitrogen functional groups attached to an aromatic ring is 1. The molecule has 1 unspecified atom stereocenters. The van der Waals surface area contributed by atoms with Crippen molar-refractivity contribution in [3.05, 3.63) is 16.7 Å². The highest BCUT2D eigenvalue weighted by Crippen LogP contribution is 2.41. The number of Topliss-reactive ketones (excluding diaryl/α,β-unsaturated/α-hetero) is 1. The second kappa shape index (κ2) is 4.62. The lowest BCUT2D eigenvalue weighted by Gasteiger charge is -2.16. The number of benzene rings is 1. The Kier molecular flexibility index (Phi) is 3.66. The smallest absolute Gasteiger partial charge is 0.165 e. The zero-order chi connectivity index (χ0) is 12.5. The van der Waals surface area contributed by atoms with Crippen LogP contribution in [-0.4, -0.2) is 12.5 Å². The minimum Gasteiger partial charge on any atom is -0.477 e. The van der Waals surface area contributed by atoms with Crippen molar-refractivity contribution in [3.63, 3.8) is 0 Å². The molecule has 0 spiro atoms. The minimum atomic E-state index is -0.144. The Morgan fingerprint density at radius 3 is 2.38 bits per heavy atom. The molecule has 1 rings (SSSR count). The summed E-state index contributed by atoms with van der Waals surface area (Å²) in [5, 5.41) is 0. The molecule has 0 bridgehead atoms. The Labute approximate surface area is 97.2 Å². The Morgan fingerprint density at radius 1 is 1.44 bits per heavy atom. The van der Waals surface area contributed by atoms with Crippen molar-refractivity contribution < 1.29 is 9.32 Å². The maximum absolute atomic E-state index is 11.6. The number of hydrogen-bond acceptors (Lipinski definition) is 4. The van der Waals surface area contributed by atoms with Crippen LogP contribution >= 0.6 is 9.47 Å². The molecule has 5 heteroatoms. The average molecular weight is 238 g/mol. The van der Waals surface area contributed by atoms with Gasteiger partial charge in [-0.05, 0) is 38.6 Å². The van der Waals surface area contributed by atoms with E-state index < -0.39 is 0 Å². The molecule has 86 valence electrons. The molecule has 0 saturated heterocycles. The highest BCUT2D eigenvalue weighted by Gasteiger charge is 2.21. The van der Waals surface area contributed by atoms with E-state index >= 15 is 0 Å². The lowest BCUT2D eigenvalue weighted by molar-refractivity contribution is 0.101. The molecule has 0 aliphatic heterocycles. The molecule has 0 radical (unpaired) electrons. The van der Waals surface area contributed by atoms with Gasteiger partial charge in [0.25, 0.3) is 0 Å². The lowest BCUT2D eigenvalue weighted by atomic mass is 9.97. The van der Waals surface area contributed by atoms with Gasteiger partial charge in [0.1, 0.15) is 0 Å². The number of aliphatic imine (C=N–C) groups is 1. The predicted molar refractivity (Wildman–Crippen MR) is 69.9 cm³/mol. The van der Waals surface area contributed by atoms with Gasteiger partial charge < -0.3 is 10.3 Å². The first-order valence-corrected chi connectivity index (χ1v) is 5.19. The van der Waals surface area contributed by atoms with E-state index in [0.717, 1.165) is 11.1 Å². The first kappa shape index (κ1) is 12.7. The second-order valence-electron chi connectivity index (χ2n) is 3.55. The molecular weight excluding hydrogens is 223 g/mol. The number of nitrogens with zero attached hydrogens (tertiary/aromatic N) is 1. The third-order valence-corrected chi connectivity index (χ3v) is 2.89. The Morgan fingerprint density at radius 2 is 2.00 bits per heavy atom. The van der Waals surface area contributed by atoms with E-state index in [0.29, 0.717) is 22.7 Å². The van der Waals surface area contributed by atoms with Gasteiger partial charge in [-0.15, -0.1) is 0 Å². The first-order chi connectivity index (χ1) is 7.45. The fraction of sp³-hybridized carbons (Fsp3) is 0.273. The number of anilines is 1. The first-order valence-electron chi connectivity index (χ1n) is 4.72. The van der Waals surface area contributed by atoms with E-state index in [4.69, 9.17) is 10.3 Å². The number of carbonyl (C=O) groups excluding carboxylic acids is 1. The van der Waals surface area contributed by atoms with Crippen molar-refractivity contribution in [1.82, 2.24) is 0 Å². The zero-order valence-electron chi connectivity index (χ0n) is 9.63. The van der Waals surface area contributed by atoms with Crippen LogP contribution in [0, 0.1) is 13.8 Å². The number of hydrogen-bond donors (Lipinski definition) is 1. The van der Waals surface area contributed by atoms with Gasteiger partial charge in [0.2, 0.25) is 0 Å². The monoisotopic (exact) mass is 238 g/mol. The third kappa shape index (κ3) is 1.81. The number of rotatable bonds is 3. The highest BCUT2D eigenvalue weighted by molar-refractivity contribution is 7.10. The summed E-state index contributed by atoms with van der Waals surface area (Å²) in [7, 11) is 2.09. The second-order valence-corrected chi connectivity index (χ2v) is 3.78. The maximum Gasteiger partial charge on any atom is 0.165 e. The molecule has 4 nitrogen and oxygen atoms in total. The van der Waals surface area contributed by atoms with Crippen LogP contribution in [0.25, 0.3) is 0 Å². The molecule has 0 fully saturated rings. The molecule has 0 aliphatic carbocycles. The van der Waals surface area contributed by atoms with Gasteiger partial charge in [0.05, 0.1) is 26.4 Å². The summed E-state index contributed by atoms with van der Waals surface area (Å²) in [6.45, 7) is 8.64. The summed E-state index contributed by atoms with van der Waals surface area (Å²) >= 11 is 0. The summed E-state index contributed by atoms with van der Waals surface area (Å²) < 4.78 is 5.10. The summed E-state index contributed by atoms with van der Waals surface area (Å²) in [4.78, 5) is 15.5.